The zero-order valence-corrected chi connectivity index (χ0v) is 17.3. The fourth-order valence-electron chi connectivity index (χ4n) is 2.13. The van der Waals surface area contributed by atoms with Crippen LogP contribution in [0.1, 0.15) is 26.7 Å². The Balaban J connectivity index is 5.42. The highest BCUT2D eigenvalue weighted by Gasteiger charge is 2.33. The number of hydrogen-bond donors (Lipinski definition) is 9. The van der Waals surface area contributed by atoms with Crippen molar-refractivity contribution >= 4 is 42.3 Å². The number of carboxylic acids is 2. The van der Waals surface area contributed by atoms with Crippen LogP contribution in [0.2, 0.25) is 0 Å². The molecule has 14 heteroatoms. The van der Waals surface area contributed by atoms with Crippen LogP contribution < -0.4 is 21.7 Å². The molecule has 0 aromatic rings. The molecule has 0 saturated heterocycles. The van der Waals surface area contributed by atoms with Crippen LogP contribution in [-0.4, -0.2) is 92.2 Å². The predicted octanol–water partition coefficient (Wildman–Crippen LogP) is -3.59. The summed E-state index contributed by atoms with van der Waals surface area (Å²) in [6, 6.07) is -5.83. The van der Waals surface area contributed by atoms with Crippen LogP contribution in [0.25, 0.3) is 0 Å². The Labute approximate surface area is 177 Å². The molecule has 0 fully saturated rings. The topological polar surface area (TPSA) is 228 Å². The van der Waals surface area contributed by atoms with Gasteiger partial charge in [-0.2, -0.15) is 12.6 Å². The van der Waals surface area contributed by atoms with Crippen molar-refractivity contribution in [2.75, 3.05) is 5.75 Å². The number of nitrogens with two attached hydrogens (primary N) is 1. The lowest BCUT2D eigenvalue weighted by atomic mass is 10.1. The predicted molar refractivity (Wildman–Crippen MR) is 105 cm³/mol. The fourth-order valence-corrected chi connectivity index (χ4v) is 2.38. The van der Waals surface area contributed by atoms with Crippen LogP contribution in [0.5, 0.6) is 0 Å². The molecule has 0 aliphatic heterocycles. The van der Waals surface area contributed by atoms with Crippen molar-refractivity contribution < 1.29 is 44.4 Å². The largest absolute Gasteiger partial charge is 0.481 e. The van der Waals surface area contributed by atoms with Crippen molar-refractivity contribution in [2.24, 2.45) is 5.73 Å². The minimum atomic E-state index is -1.58. The van der Waals surface area contributed by atoms with Crippen LogP contribution in [0.3, 0.4) is 0 Å². The van der Waals surface area contributed by atoms with Crippen molar-refractivity contribution in [1.29, 1.82) is 0 Å². The quantitative estimate of drug-likeness (QED) is 0.125. The third-order valence-electron chi connectivity index (χ3n) is 3.96. The van der Waals surface area contributed by atoms with E-state index in [1.165, 1.54) is 13.8 Å². The van der Waals surface area contributed by atoms with Crippen molar-refractivity contribution in [1.82, 2.24) is 16.0 Å². The van der Waals surface area contributed by atoms with E-state index in [-0.39, 0.29) is 12.2 Å². The molecule has 0 heterocycles. The lowest BCUT2D eigenvalue weighted by molar-refractivity contribution is -0.142. The van der Waals surface area contributed by atoms with Crippen LogP contribution in [0, 0.1) is 0 Å². The van der Waals surface area contributed by atoms with Crippen LogP contribution in [0.15, 0.2) is 0 Å². The summed E-state index contributed by atoms with van der Waals surface area (Å²) in [5.41, 5.74) is 5.47. The Kier molecular flexibility index (Phi) is 11.9. The Morgan fingerprint density at radius 3 is 1.80 bits per heavy atom. The number of carbonyl (C=O) groups excluding carboxylic acids is 3. The molecule has 0 spiro atoms. The van der Waals surface area contributed by atoms with Gasteiger partial charge in [0.25, 0.3) is 0 Å². The molecule has 0 aliphatic rings. The van der Waals surface area contributed by atoms with E-state index in [9.17, 15) is 34.2 Å². The van der Waals surface area contributed by atoms with Gasteiger partial charge in [0.15, 0.2) is 0 Å². The molecule has 3 amide bonds. The summed E-state index contributed by atoms with van der Waals surface area (Å²) < 4.78 is 0. The molecule has 9 N–H and O–H groups in total. The minimum absolute atomic E-state index is 0.260. The summed E-state index contributed by atoms with van der Waals surface area (Å²) in [6.45, 7) is 2.42. The number of thiol groups is 1. The van der Waals surface area contributed by atoms with Gasteiger partial charge in [-0.15, -0.1) is 0 Å². The average molecular weight is 452 g/mol. The van der Waals surface area contributed by atoms with Gasteiger partial charge in [-0.05, 0) is 20.3 Å². The molecule has 6 unspecified atom stereocenters. The second kappa shape index (κ2) is 13.0. The van der Waals surface area contributed by atoms with E-state index in [2.05, 4.69) is 28.6 Å². The van der Waals surface area contributed by atoms with Gasteiger partial charge in [-0.3, -0.25) is 19.2 Å². The van der Waals surface area contributed by atoms with E-state index in [1.807, 2.05) is 0 Å². The second-order valence-electron chi connectivity index (χ2n) is 6.57. The maximum Gasteiger partial charge on any atom is 0.327 e. The molecule has 30 heavy (non-hydrogen) atoms. The van der Waals surface area contributed by atoms with Gasteiger partial charge in [0, 0.05) is 12.2 Å². The molecule has 0 rings (SSSR count). The van der Waals surface area contributed by atoms with Gasteiger partial charge >= 0.3 is 11.9 Å². The number of hydrogen-bond acceptors (Lipinski definition) is 9. The van der Waals surface area contributed by atoms with E-state index in [0.29, 0.717) is 0 Å². The molecule has 0 aromatic carbocycles. The van der Waals surface area contributed by atoms with Gasteiger partial charge < -0.3 is 42.1 Å². The number of aliphatic carboxylic acids is 2. The highest BCUT2D eigenvalue weighted by Crippen LogP contribution is 2.03. The number of carbonyl (C=O) groups is 5. The Hall–Kier alpha value is -2.42. The molecule has 13 nitrogen and oxygen atoms in total. The molecular weight excluding hydrogens is 424 g/mol. The number of aliphatic hydroxyl groups excluding tert-OH is 2. The number of amides is 3. The molecule has 0 radical (unpaired) electrons. The van der Waals surface area contributed by atoms with Gasteiger partial charge in [0.05, 0.1) is 12.2 Å². The molecule has 0 aromatic heterocycles. The van der Waals surface area contributed by atoms with Crippen LogP contribution in [0.4, 0.5) is 0 Å². The first kappa shape index (κ1) is 27.6. The summed E-state index contributed by atoms with van der Waals surface area (Å²) in [7, 11) is 0. The smallest absolute Gasteiger partial charge is 0.327 e. The third kappa shape index (κ3) is 9.39. The number of rotatable bonds is 13. The van der Waals surface area contributed by atoms with E-state index < -0.39 is 72.5 Å². The standard InChI is InChI=1S/C16H28N4O9S/c1-6(21)11(17)14(26)20-12(7(2)22)15(27)18-8(3-4-10(23)24)13(25)19-9(5-30)16(28)29/h6-9,11-12,21-22,30H,3-5,17H2,1-2H3,(H,18,27)(H,19,25)(H,20,26)(H,23,24)(H,28,29). The Morgan fingerprint density at radius 2 is 1.40 bits per heavy atom. The maximum absolute atomic E-state index is 12.5. The highest BCUT2D eigenvalue weighted by atomic mass is 32.1. The minimum Gasteiger partial charge on any atom is -0.481 e. The molecular formula is C16H28N4O9S. The Morgan fingerprint density at radius 1 is 0.867 bits per heavy atom. The van der Waals surface area contributed by atoms with Crippen LogP contribution in [-0.2, 0) is 24.0 Å². The molecule has 6 atom stereocenters. The van der Waals surface area contributed by atoms with Gasteiger partial charge in [-0.25, -0.2) is 4.79 Å². The monoisotopic (exact) mass is 452 g/mol. The molecule has 0 aliphatic carbocycles. The lowest BCUT2D eigenvalue weighted by Gasteiger charge is -2.26. The molecule has 0 saturated carbocycles. The van der Waals surface area contributed by atoms with Crippen molar-refractivity contribution in [3.63, 3.8) is 0 Å². The van der Waals surface area contributed by atoms with Gasteiger partial charge in [-0.1, -0.05) is 0 Å². The van der Waals surface area contributed by atoms with Gasteiger partial charge in [0.2, 0.25) is 17.7 Å². The fraction of sp³-hybridized carbons (Fsp3) is 0.688. The first-order valence-electron chi connectivity index (χ1n) is 8.90. The summed E-state index contributed by atoms with van der Waals surface area (Å²) in [5, 5.41) is 43.5. The lowest BCUT2D eigenvalue weighted by Crippen LogP contribution is -2.60. The maximum atomic E-state index is 12.5. The van der Waals surface area contributed by atoms with Crippen LogP contribution >= 0.6 is 12.6 Å². The van der Waals surface area contributed by atoms with Crippen molar-refractivity contribution in [3.05, 3.63) is 0 Å². The first-order chi connectivity index (χ1) is 13.8. The number of nitrogens with one attached hydrogen (secondary N) is 3. The summed E-state index contributed by atoms with van der Waals surface area (Å²) in [4.78, 5) is 58.7. The normalized spacial score (nSPS) is 16.9. The first-order valence-corrected chi connectivity index (χ1v) is 9.53. The van der Waals surface area contributed by atoms with E-state index in [4.69, 9.17) is 15.9 Å². The van der Waals surface area contributed by atoms with E-state index in [1.54, 1.807) is 0 Å². The second-order valence-corrected chi connectivity index (χ2v) is 6.93. The third-order valence-corrected chi connectivity index (χ3v) is 4.33. The zero-order valence-electron chi connectivity index (χ0n) is 16.4. The summed E-state index contributed by atoms with van der Waals surface area (Å²) >= 11 is 3.80. The van der Waals surface area contributed by atoms with E-state index in [0.717, 1.165) is 0 Å². The molecule has 172 valence electrons. The van der Waals surface area contributed by atoms with Crippen molar-refractivity contribution in [2.45, 2.75) is 63.1 Å². The molecule has 0 bridgehead atoms. The zero-order chi connectivity index (χ0) is 23.6. The summed E-state index contributed by atoms with van der Waals surface area (Å²) in [5.74, 6) is -5.89. The SMILES string of the molecule is CC(O)C(N)C(=O)NC(C(=O)NC(CCC(=O)O)C(=O)NC(CS)C(=O)O)C(C)O. The number of aliphatic hydroxyl groups is 2. The average Bonchev–Trinajstić information content (AvgIpc) is 2.65. The number of carboxylic acid groups (broad SMARTS) is 2. The van der Waals surface area contributed by atoms with E-state index >= 15 is 0 Å². The Bertz CT molecular complexity index is 644. The summed E-state index contributed by atoms with van der Waals surface area (Å²) in [6.07, 6.45) is -3.61. The van der Waals surface area contributed by atoms with Gasteiger partial charge in [0.1, 0.15) is 24.2 Å². The highest BCUT2D eigenvalue weighted by molar-refractivity contribution is 7.80. The van der Waals surface area contributed by atoms with Crippen molar-refractivity contribution in [3.8, 4) is 0 Å².